The van der Waals surface area contributed by atoms with E-state index in [2.05, 4.69) is 10.3 Å². The number of aromatic nitrogens is 2. The van der Waals surface area contributed by atoms with Gasteiger partial charge >= 0.3 is 6.03 Å². The van der Waals surface area contributed by atoms with Gasteiger partial charge in [0, 0.05) is 31.5 Å². The highest BCUT2D eigenvalue weighted by molar-refractivity contribution is 6.17. The summed E-state index contributed by atoms with van der Waals surface area (Å²) in [7, 11) is 0. The topological polar surface area (TPSA) is 72.9 Å². The fourth-order valence-corrected chi connectivity index (χ4v) is 2.14. The molecule has 0 saturated carbocycles. The number of aryl methyl sites for hydroxylation is 1. The van der Waals surface area contributed by atoms with Crippen LogP contribution in [0.3, 0.4) is 0 Å². The smallest absolute Gasteiger partial charge is 0.312 e. The molecule has 2 aromatic rings. The molecule has 0 atom stereocenters. The van der Waals surface area contributed by atoms with E-state index in [1.807, 2.05) is 4.57 Å². The number of nitrogens with two attached hydrogens (primary N) is 1. The number of carbonyl (C=O) groups excluding carboxylic acids is 1. The van der Waals surface area contributed by atoms with E-state index in [0.29, 0.717) is 30.9 Å². The third-order valence-corrected chi connectivity index (χ3v) is 2.93. The van der Waals surface area contributed by atoms with Gasteiger partial charge in [-0.3, -0.25) is 0 Å². The monoisotopic (exact) mass is 284 g/mol. The van der Waals surface area contributed by atoms with Gasteiger partial charge in [-0.1, -0.05) is 0 Å². The minimum Gasteiger partial charge on any atom is -0.352 e. The Morgan fingerprint density at radius 1 is 1.53 bits per heavy atom. The van der Waals surface area contributed by atoms with Crippen LogP contribution in [0.4, 0.5) is 9.18 Å². The van der Waals surface area contributed by atoms with Crippen LogP contribution in [0.15, 0.2) is 18.2 Å². The van der Waals surface area contributed by atoms with Gasteiger partial charge in [0.25, 0.3) is 0 Å². The molecule has 0 fully saturated rings. The average Bonchev–Trinajstić information content (AvgIpc) is 2.66. The van der Waals surface area contributed by atoms with Crippen molar-refractivity contribution in [1.82, 2.24) is 14.9 Å². The summed E-state index contributed by atoms with van der Waals surface area (Å²) in [5, 5.41) is 2.51. The largest absolute Gasteiger partial charge is 0.352 e. The first kappa shape index (κ1) is 13.6. The Bertz CT molecular complexity index is 599. The molecule has 7 heteroatoms. The van der Waals surface area contributed by atoms with Crippen LogP contribution in [0, 0.1) is 5.82 Å². The van der Waals surface area contributed by atoms with E-state index >= 15 is 0 Å². The number of urea groups is 1. The number of halogens is 2. The van der Waals surface area contributed by atoms with E-state index < -0.39 is 6.03 Å². The number of hydrogen-bond acceptors (Lipinski definition) is 2. The number of nitrogens with one attached hydrogen (secondary N) is 1. The maximum atomic E-state index is 13.2. The number of rotatable bonds is 5. The van der Waals surface area contributed by atoms with Crippen LogP contribution >= 0.6 is 11.6 Å². The minimum atomic E-state index is -0.575. The molecule has 2 amide bonds. The van der Waals surface area contributed by atoms with E-state index in [0.717, 1.165) is 11.3 Å². The Labute approximate surface area is 114 Å². The average molecular weight is 285 g/mol. The van der Waals surface area contributed by atoms with Crippen molar-refractivity contribution in [1.29, 1.82) is 0 Å². The zero-order valence-electron chi connectivity index (χ0n) is 10.2. The van der Waals surface area contributed by atoms with Crippen molar-refractivity contribution < 1.29 is 9.18 Å². The molecule has 0 saturated heterocycles. The number of alkyl halides is 1. The summed E-state index contributed by atoms with van der Waals surface area (Å²) < 4.78 is 15.1. The van der Waals surface area contributed by atoms with Crippen LogP contribution in [-0.4, -0.2) is 28.0 Å². The number of benzene rings is 1. The molecular weight excluding hydrogens is 271 g/mol. The van der Waals surface area contributed by atoms with Gasteiger partial charge in [-0.25, -0.2) is 14.2 Å². The molecule has 2 rings (SSSR count). The van der Waals surface area contributed by atoms with Gasteiger partial charge in [0.05, 0.1) is 11.0 Å². The zero-order chi connectivity index (χ0) is 13.8. The van der Waals surface area contributed by atoms with Gasteiger partial charge < -0.3 is 15.6 Å². The Morgan fingerprint density at radius 2 is 2.32 bits per heavy atom. The van der Waals surface area contributed by atoms with Gasteiger partial charge in [0.1, 0.15) is 11.6 Å². The van der Waals surface area contributed by atoms with Gasteiger partial charge in [0.2, 0.25) is 0 Å². The quantitative estimate of drug-likeness (QED) is 0.819. The summed E-state index contributed by atoms with van der Waals surface area (Å²) in [6, 6.07) is 3.85. The molecular formula is C12H14ClFN4O. The molecule has 0 radical (unpaired) electrons. The van der Waals surface area contributed by atoms with Crippen molar-refractivity contribution in [3.8, 4) is 0 Å². The Hall–Kier alpha value is -1.82. The predicted molar refractivity (Wildman–Crippen MR) is 71.7 cm³/mol. The lowest BCUT2D eigenvalue weighted by molar-refractivity contribution is 0.248. The van der Waals surface area contributed by atoms with E-state index in [9.17, 15) is 9.18 Å². The fraction of sp³-hybridized carbons (Fsp3) is 0.333. The number of imidazole rings is 1. The van der Waals surface area contributed by atoms with E-state index in [-0.39, 0.29) is 5.82 Å². The second-order valence-electron chi connectivity index (χ2n) is 4.04. The highest BCUT2D eigenvalue weighted by Crippen LogP contribution is 2.18. The van der Waals surface area contributed by atoms with Crippen LogP contribution in [0.2, 0.25) is 0 Å². The second-order valence-corrected chi connectivity index (χ2v) is 4.42. The molecule has 3 N–H and O–H groups in total. The lowest BCUT2D eigenvalue weighted by Gasteiger charge is -2.08. The lowest BCUT2D eigenvalue weighted by atomic mass is 10.3. The van der Waals surface area contributed by atoms with E-state index in [4.69, 9.17) is 17.3 Å². The summed E-state index contributed by atoms with van der Waals surface area (Å²) in [6.45, 7) is 0.894. The van der Waals surface area contributed by atoms with Gasteiger partial charge in [0.15, 0.2) is 0 Å². The molecule has 0 aliphatic carbocycles. The summed E-state index contributed by atoms with van der Waals surface area (Å²) >= 11 is 5.73. The number of carbonyl (C=O) groups is 1. The maximum Gasteiger partial charge on any atom is 0.312 e. The van der Waals surface area contributed by atoms with Crippen LogP contribution < -0.4 is 11.1 Å². The normalized spacial score (nSPS) is 10.8. The molecule has 1 aromatic carbocycles. The molecule has 1 aromatic heterocycles. The van der Waals surface area contributed by atoms with Crippen LogP contribution in [0.25, 0.3) is 11.0 Å². The Morgan fingerprint density at radius 3 is 3.00 bits per heavy atom. The molecule has 0 spiro atoms. The maximum absolute atomic E-state index is 13.2. The third kappa shape index (κ3) is 3.14. The van der Waals surface area contributed by atoms with Gasteiger partial charge in [-0.15, -0.1) is 11.6 Å². The highest BCUT2D eigenvalue weighted by atomic mass is 35.5. The standard InChI is InChI=1S/C12H14ClFN4O/c13-4-3-11-17-9-7-8(14)1-2-10(9)18(11)6-5-16-12(15)19/h1-2,7H,3-6H2,(H3,15,16,19). The predicted octanol–water partition coefficient (Wildman–Crippen LogP) is 1.62. The van der Waals surface area contributed by atoms with Crippen molar-refractivity contribution in [2.75, 3.05) is 12.4 Å². The van der Waals surface area contributed by atoms with Crippen molar-refractivity contribution >= 4 is 28.7 Å². The molecule has 0 unspecified atom stereocenters. The minimum absolute atomic E-state index is 0.329. The van der Waals surface area contributed by atoms with Crippen molar-refractivity contribution in [3.05, 3.63) is 29.8 Å². The van der Waals surface area contributed by atoms with Crippen molar-refractivity contribution in [3.63, 3.8) is 0 Å². The van der Waals surface area contributed by atoms with E-state index in [1.54, 1.807) is 6.07 Å². The summed E-state index contributed by atoms with van der Waals surface area (Å²) in [5.74, 6) is 0.862. The molecule has 0 aliphatic heterocycles. The highest BCUT2D eigenvalue weighted by Gasteiger charge is 2.10. The fourth-order valence-electron chi connectivity index (χ4n) is 1.97. The number of hydrogen-bond donors (Lipinski definition) is 2. The van der Waals surface area contributed by atoms with Crippen molar-refractivity contribution in [2.45, 2.75) is 13.0 Å². The van der Waals surface area contributed by atoms with Crippen LogP contribution in [0.1, 0.15) is 5.82 Å². The summed E-state index contributed by atoms with van der Waals surface area (Å²) in [4.78, 5) is 15.0. The first-order valence-corrected chi connectivity index (χ1v) is 6.39. The molecule has 0 bridgehead atoms. The molecule has 0 aliphatic rings. The lowest BCUT2D eigenvalue weighted by Crippen LogP contribution is -2.32. The SMILES string of the molecule is NC(=O)NCCn1c(CCCl)nc2cc(F)ccc21. The second kappa shape index (κ2) is 5.88. The van der Waals surface area contributed by atoms with Gasteiger partial charge in [-0.2, -0.15) is 0 Å². The number of primary amides is 1. The Balaban J connectivity index is 2.31. The van der Waals surface area contributed by atoms with Gasteiger partial charge in [-0.05, 0) is 12.1 Å². The zero-order valence-corrected chi connectivity index (χ0v) is 11.0. The number of nitrogens with zero attached hydrogens (tertiary/aromatic N) is 2. The Kier molecular flexibility index (Phi) is 4.21. The molecule has 102 valence electrons. The molecule has 19 heavy (non-hydrogen) atoms. The molecule has 5 nitrogen and oxygen atoms in total. The number of amides is 2. The van der Waals surface area contributed by atoms with Crippen LogP contribution in [0.5, 0.6) is 0 Å². The summed E-state index contributed by atoms with van der Waals surface area (Å²) in [5.41, 5.74) is 6.41. The molecule has 1 heterocycles. The first-order valence-electron chi connectivity index (χ1n) is 5.85. The van der Waals surface area contributed by atoms with Crippen molar-refractivity contribution in [2.24, 2.45) is 5.73 Å². The number of fused-ring (bicyclic) bond motifs is 1. The third-order valence-electron chi connectivity index (χ3n) is 2.74. The first-order chi connectivity index (χ1) is 9.11. The summed E-state index contributed by atoms with van der Waals surface area (Å²) in [6.07, 6.45) is 0.578. The van der Waals surface area contributed by atoms with Crippen LogP contribution in [-0.2, 0) is 13.0 Å². The van der Waals surface area contributed by atoms with E-state index in [1.165, 1.54) is 12.1 Å².